The molecule has 2 aromatic heterocycles. The molecule has 188 valence electrons. The Labute approximate surface area is 269 Å². The first kappa shape index (κ1) is 29.2. The van der Waals surface area contributed by atoms with Crippen LogP contribution in [0.2, 0.25) is 0 Å². The number of hydrogen-bond donors (Lipinski definition) is 2. The number of H-pyrrole nitrogens is 1. The predicted molar refractivity (Wildman–Crippen MR) is 148 cm³/mol. The maximum atomic E-state index is 12.7. The Bertz CT molecular complexity index is 1570. The molecule has 1 atom stereocenters. The zero-order chi connectivity index (χ0) is 25.5. The van der Waals surface area contributed by atoms with Crippen molar-refractivity contribution in [2.24, 2.45) is 0 Å². The van der Waals surface area contributed by atoms with Crippen LogP contribution in [0.3, 0.4) is 0 Å². The standard InChI is InChI=1S/C27H24N8O2.2Na.2H/c1-2-5-22-29-21-12-13-34-24(25(36)20(14-28)27(34)37)23(21)35(22)15-16-8-10-17(11-9-16)18-6-3-4-7-19(18)26-30-32-33-31-26;;;;/h3-4,6-11,24,36H,2,5,12-13,15H2,1H3,(H,30,31,32,33);;;;. The van der Waals surface area contributed by atoms with Gasteiger partial charge in [0.1, 0.15) is 23.7 Å². The number of nitrogens with one attached hydrogen (secondary N) is 1. The van der Waals surface area contributed by atoms with E-state index >= 15 is 0 Å². The van der Waals surface area contributed by atoms with Crippen LogP contribution in [0.5, 0.6) is 0 Å². The Morgan fingerprint density at radius 2 is 1.87 bits per heavy atom. The third-order valence-electron chi connectivity index (χ3n) is 7.03. The van der Waals surface area contributed by atoms with Crippen molar-refractivity contribution in [2.75, 3.05) is 6.54 Å². The van der Waals surface area contributed by atoms with E-state index in [1.165, 1.54) is 0 Å². The van der Waals surface area contributed by atoms with Crippen LogP contribution in [-0.2, 0) is 24.2 Å². The molecule has 4 heterocycles. The van der Waals surface area contributed by atoms with Crippen molar-refractivity contribution in [3.8, 4) is 28.6 Å². The number of aromatic nitrogens is 6. The van der Waals surface area contributed by atoms with Gasteiger partial charge in [-0.25, -0.2) is 10.1 Å². The number of hydrogen-bond acceptors (Lipinski definition) is 7. The minimum atomic E-state index is -0.661. The molecule has 6 rings (SSSR count). The van der Waals surface area contributed by atoms with Crippen molar-refractivity contribution in [3.05, 3.63) is 82.6 Å². The topological polar surface area (TPSA) is 137 Å². The molecule has 1 amide bonds. The van der Waals surface area contributed by atoms with Crippen LogP contribution < -0.4 is 0 Å². The molecule has 0 radical (unpaired) electrons. The quantitative estimate of drug-likeness (QED) is 0.358. The van der Waals surface area contributed by atoms with E-state index in [0.29, 0.717) is 25.3 Å². The van der Waals surface area contributed by atoms with Crippen LogP contribution >= 0.6 is 0 Å². The summed E-state index contributed by atoms with van der Waals surface area (Å²) >= 11 is 0. The van der Waals surface area contributed by atoms with E-state index in [2.05, 4.69) is 56.4 Å². The third kappa shape index (κ3) is 5.11. The Hall–Kier alpha value is -2.78. The Balaban J connectivity index is 0.00000176. The Kier molecular flexibility index (Phi) is 9.11. The van der Waals surface area contributed by atoms with E-state index in [4.69, 9.17) is 4.98 Å². The molecule has 2 aromatic carbocycles. The molecule has 10 nitrogen and oxygen atoms in total. The van der Waals surface area contributed by atoms with Crippen molar-refractivity contribution >= 4 is 65.0 Å². The number of rotatable bonds is 6. The number of aromatic amines is 1. The van der Waals surface area contributed by atoms with Crippen LogP contribution in [0.4, 0.5) is 0 Å². The molecule has 0 saturated carbocycles. The van der Waals surface area contributed by atoms with Gasteiger partial charge in [0.15, 0.2) is 11.4 Å². The van der Waals surface area contributed by atoms with Crippen molar-refractivity contribution < 1.29 is 9.90 Å². The van der Waals surface area contributed by atoms with E-state index in [1.54, 1.807) is 4.90 Å². The van der Waals surface area contributed by atoms with Gasteiger partial charge in [0, 0.05) is 31.5 Å². The predicted octanol–water partition coefficient (Wildman–Crippen LogP) is 2.21. The fraction of sp³-hybridized carbons (Fsp3) is 0.259. The second-order valence-corrected chi connectivity index (χ2v) is 9.21. The first-order valence-electron chi connectivity index (χ1n) is 12.3. The van der Waals surface area contributed by atoms with Crippen LogP contribution in [0.25, 0.3) is 22.5 Å². The summed E-state index contributed by atoms with van der Waals surface area (Å²) in [6.45, 7) is 3.08. The van der Waals surface area contributed by atoms with E-state index in [-0.39, 0.29) is 70.4 Å². The number of benzene rings is 2. The van der Waals surface area contributed by atoms with Crippen LogP contribution in [0.1, 0.15) is 42.2 Å². The van der Waals surface area contributed by atoms with Crippen molar-refractivity contribution in [1.82, 2.24) is 35.1 Å². The van der Waals surface area contributed by atoms with E-state index in [9.17, 15) is 15.2 Å². The van der Waals surface area contributed by atoms with Crippen molar-refractivity contribution in [2.45, 2.75) is 38.8 Å². The molecule has 2 aliphatic rings. The van der Waals surface area contributed by atoms with Crippen molar-refractivity contribution in [1.29, 1.82) is 5.26 Å². The van der Waals surface area contributed by atoms with Crippen LogP contribution in [0, 0.1) is 11.3 Å². The molecule has 4 aromatic rings. The molecule has 0 aliphatic carbocycles. The number of tetrazole rings is 1. The van der Waals surface area contributed by atoms with E-state index in [0.717, 1.165) is 52.3 Å². The number of imidazole rings is 1. The molecular weight excluding hydrogens is 514 g/mol. The fourth-order valence-corrected chi connectivity index (χ4v) is 5.33. The first-order valence-corrected chi connectivity index (χ1v) is 12.3. The molecule has 0 spiro atoms. The molecule has 0 saturated heterocycles. The van der Waals surface area contributed by atoms with Gasteiger partial charge in [-0.3, -0.25) is 4.79 Å². The molecule has 39 heavy (non-hydrogen) atoms. The summed E-state index contributed by atoms with van der Waals surface area (Å²) in [6, 6.07) is 17.4. The number of nitriles is 1. The number of aliphatic hydroxyl groups is 1. The average molecular weight is 541 g/mol. The zero-order valence-electron chi connectivity index (χ0n) is 20.2. The Morgan fingerprint density at radius 1 is 1.13 bits per heavy atom. The van der Waals surface area contributed by atoms with Gasteiger partial charge in [0.2, 0.25) is 0 Å². The van der Waals surface area contributed by atoms with Crippen LogP contribution in [0.15, 0.2) is 59.9 Å². The number of aryl methyl sites for hydroxylation is 1. The van der Waals surface area contributed by atoms with Gasteiger partial charge >= 0.3 is 59.1 Å². The normalized spacial score (nSPS) is 15.7. The summed E-state index contributed by atoms with van der Waals surface area (Å²) in [5.41, 5.74) is 5.53. The number of carbonyl (C=O) groups is 1. The Morgan fingerprint density at radius 3 is 2.54 bits per heavy atom. The first-order chi connectivity index (χ1) is 18.1. The third-order valence-corrected chi connectivity index (χ3v) is 7.03. The van der Waals surface area contributed by atoms with Crippen LogP contribution in [-0.4, -0.2) is 112 Å². The second kappa shape index (κ2) is 12.2. The summed E-state index contributed by atoms with van der Waals surface area (Å²) < 4.78 is 2.11. The molecule has 0 fully saturated rings. The van der Waals surface area contributed by atoms with E-state index < -0.39 is 11.9 Å². The molecule has 0 bridgehead atoms. The monoisotopic (exact) mass is 540 g/mol. The average Bonchev–Trinajstić information content (AvgIpc) is 3.63. The number of aliphatic hydroxyl groups excluding tert-OH is 1. The van der Waals surface area contributed by atoms with Gasteiger partial charge in [0.05, 0.1) is 11.4 Å². The molecular formula is C27H26N8Na2O2. The molecule has 1 unspecified atom stereocenters. The second-order valence-electron chi connectivity index (χ2n) is 9.21. The molecule has 12 heteroatoms. The summed E-state index contributed by atoms with van der Waals surface area (Å²) in [4.78, 5) is 19.2. The number of carbonyl (C=O) groups excluding carboxylic acids is 1. The summed E-state index contributed by atoms with van der Waals surface area (Å²) in [5.74, 6) is 0.943. The van der Waals surface area contributed by atoms with Gasteiger partial charge in [-0.1, -0.05) is 55.5 Å². The van der Waals surface area contributed by atoms with Gasteiger partial charge in [-0.15, -0.1) is 5.10 Å². The molecule has 2 N–H and O–H groups in total. The van der Waals surface area contributed by atoms with Gasteiger partial charge in [-0.05, 0) is 33.5 Å². The summed E-state index contributed by atoms with van der Waals surface area (Å²) in [7, 11) is 0. The van der Waals surface area contributed by atoms with Gasteiger partial charge < -0.3 is 14.6 Å². The number of amides is 1. The van der Waals surface area contributed by atoms with Crippen molar-refractivity contribution in [3.63, 3.8) is 0 Å². The summed E-state index contributed by atoms with van der Waals surface area (Å²) in [6.07, 6.45) is 2.29. The molecule has 2 aliphatic heterocycles. The maximum absolute atomic E-state index is 12.7. The number of fused-ring (bicyclic) bond motifs is 3. The minimum absolute atomic E-state index is 0. The fourth-order valence-electron chi connectivity index (χ4n) is 5.33. The number of nitrogens with zero attached hydrogens (tertiary/aromatic N) is 7. The van der Waals surface area contributed by atoms with Gasteiger partial charge in [-0.2, -0.15) is 5.26 Å². The summed E-state index contributed by atoms with van der Waals surface area (Å²) in [5, 5.41) is 34.6. The SMILES string of the molecule is CCCc1nc2c(n1Cc1ccc(-c3ccccc3-c3nnn[nH]3)cc1)C1C(O)=C(C#N)C(=O)N1CC2.[NaH].[NaH]. The zero-order valence-corrected chi connectivity index (χ0v) is 20.2. The van der Waals surface area contributed by atoms with Gasteiger partial charge in [0.25, 0.3) is 5.91 Å². The van der Waals surface area contributed by atoms with E-state index in [1.807, 2.05) is 30.3 Å².